The standard InChI is InChI=1S/C21H31FN4O/c1-15(2)19-13-25(14-20-23-24-21(27-20)16(3)4)10-5-11-26(19)12-17-6-8-18(22)9-7-17/h6-9,15-16,19H,5,10-14H2,1-4H3. The Bertz CT molecular complexity index is 713. The van der Waals surface area contributed by atoms with E-state index in [2.05, 4.69) is 47.7 Å². The summed E-state index contributed by atoms with van der Waals surface area (Å²) in [5.41, 5.74) is 1.16. The number of hydrogen-bond acceptors (Lipinski definition) is 5. The molecule has 0 radical (unpaired) electrons. The highest BCUT2D eigenvalue weighted by Crippen LogP contribution is 2.22. The minimum atomic E-state index is -0.179. The molecule has 1 fully saturated rings. The Morgan fingerprint density at radius 1 is 1.07 bits per heavy atom. The van der Waals surface area contributed by atoms with Gasteiger partial charge in [0.15, 0.2) is 0 Å². The molecule has 1 unspecified atom stereocenters. The second-order valence-corrected chi connectivity index (χ2v) is 8.19. The van der Waals surface area contributed by atoms with Gasteiger partial charge in [-0.05, 0) is 36.6 Å². The van der Waals surface area contributed by atoms with Crippen molar-refractivity contribution in [2.75, 3.05) is 19.6 Å². The van der Waals surface area contributed by atoms with Crippen LogP contribution in [0.15, 0.2) is 28.7 Å². The van der Waals surface area contributed by atoms with Gasteiger partial charge in [-0.15, -0.1) is 10.2 Å². The first-order valence-corrected chi connectivity index (χ1v) is 9.95. The van der Waals surface area contributed by atoms with Crippen LogP contribution in [0.2, 0.25) is 0 Å². The molecule has 6 heteroatoms. The third-order valence-electron chi connectivity index (χ3n) is 5.24. The average Bonchev–Trinajstić information content (AvgIpc) is 3.00. The van der Waals surface area contributed by atoms with Crippen LogP contribution in [-0.2, 0) is 13.1 Å². The molecule has 0 bridgehead atoms. The average molecular weight is 375 g/mol. The highest BCUT2D eigenvalue weighted by atomic mass is 19.1. The molecule has 1 aliphatic rings. The van der Waals surface area contributed by atoms with Gasteiger partial charge in [0.25, 0.3) is 0 Å². The van der Waals surface area contributed by atoms with Crippen molar-refractivity contribution in [2.45, 2.75) is 59.2 Å². The van der Waals surface area contributed by atoms with E-state index in [0.717, 1.165) is 38.2 Å². The van der Waals surface area contributed by atoms with E-state index in [9.17, 15) is 4.39 Å². The molecule has 27 heavy (non-hydrogen) atoms. The molecule has 1 saturated heterocycles. The number of benzene rings is 1. The zero-order chi connectivity index (χ0) is 19.4. The van der Waals surface area contributed by atoms with Gasteiger partial charge < -0.3 is 4.42 Å². The third kappa shape index (κ3) is 5.36. The van der Waals surface area contributed by atoms with Gasteiger partial charge >= 0.3 is 0 Å². The largest absolute Gasteiger partial charge is 0.424 e. The van der Waals surface area contributed by atoms with Crippen molar-refractivity contribution in [1.82, 2.24) is 20.0 Å². The lowest BCUT2D eigenvalue weighted by molar-refractivity contribution is 0.126. The van der Waals surface area contributed by atoms with Gasteiger partial charge in [-0.25, -0.2) is 4.39 Å². The minimum Gasteiger partial charge on any atom is -0.424 e. The van der Waals surface area contributed by atoms with Crippen molar-refractivity contribution < 1.29 is 8.81 Å². The van der Waals surface area contributed by atoms with Crippen molar-refractivity contribution in [3.63, 3.8) is 0 Å². The molecule has 2 heterocycles. The molecule has 0 spiro atoms. The second kappa shape index (κ2) is 8.93. The highest BCUT2D eigenvalue weighted by Gasteiger charge is 2.28. The molecule has 5 nitrogen and oxygen atoms in total. The summed E-state index contributed by atoms with van der Waals surface area (Å²) in [7, 11) is 0. The maximum atomic E-state index is 13.2. The lowest BCUT2D eigenvalue weighted by Gasteiger charge is -2.34. The van der Waals surface area contributed by atoms with Crippen LogP contribution in [0.3, 0.4) is 0 Å². The van der Waals surface area contributed by atoms with Crippen LogP contribution in [0.5, 0.6) is 0 Å². The van der Waals surface area contributed by atoms with Crippen LogP contribution in [0.25, 0.3) is 0 Å². The molecular weight excluding hydrogens is 343 g/mol. The zero-order valence-corrected chi connectivity index (χ0v) is 16.9. The van der Waals surface area contributed by atoms with Crippen molar-refractivity contribution in [3.8, 4) is 0 Å². The number of rotatable bonds is 6. The molecule has 1 aliphatic heterocycles. The minimum absolute atomic E-state index is 0.179. The summed E-state index contributed by atoms with van der Waals surface area (Å²) in [4.78, 5) is 4.96. The summed E-state index contributed by atoms with van der Waals surface area (Å²) in [5.74, 6) is 2.01. The Labute approximate surface area is 161 Å². The maximum Gasteiger partial charge on any atom is 0.230 e. The fraction of sp³-hybridized carbons (Fsp3) is 0.619. The molecule has 2 aromatic rings. The first-order chi connectivity index (χ1) is 12.9. The summed E-state index contributed by atoms with van der Waals surface area (Å²) in [6.07, 6.45) is 1.09. The van der Waals surface area contributed by atoms with Crippen LogP contribution in [0, 0.1) is 11.7 Å². The molecule has 0 aliphatic carbocycles. The van der Waals surface area contributed by atoms with Gasteiger partial charge in [-0.1, -0.05) is 39.8 Å². The van der Waals surface area contributed by atoms with E-state index >= 15 is 0 Å². The zero-order valence-electron chi connectivity index (χ0n) is 16.9. The molecule has 0 N–H and O–H groups in total. The van der Waals surface area contributed by atoms with Crippen LogP contribution in [-0.4, -0.2) is 45.7 Å². The third-order valence-corrected chi connectivity index (χ3v) is 5.24. The molecule has 1 aromatic heterocycles. The topological polar surface area (TPSA) is 45.4 Å². The molecular formula is C21H31FN4O. The summed E-state index contributed by atoms with van der Waals surface area (Å²) in [6, 6.07) is 7.31. The number of nitrogens with zero attached hydrogens (tertiary/aromatic N) is 4. The Morgan fingerprint density at radius 3 is 2.44 bits per heavy atom. The van der Waals surface area contributed by atoms with Gasteiger partial charge in [0, 0.05) is 31.6 Å². The van der Waals surface area contributed by atoms with Gasteiger partial charge in [0.2, 0.25) is 11.8 Å². The lowest BCUT2D eigenvalue weighted by atomic mass is 10.0. The second-order valence-electron chi connectivity index (χ2n) is 8.19. The van der Waals surface area contributed by atoms with Crippen molar-refractivity contribution in [3.05, 3.63) is 47.4 Å². The Hall–Kier alpha value is -1.79. The quantitative estimate of drug-likeness (QED) is 0.763. The molecule has 0 saturated carbocycles. The predicted molar refractivity (Wildman–Crippen MR) is 104 cm³/mol. The first kappa shape index (κ1) is 20.0. The van der Waals surface area contributed by atoms with E-state index in [0.29, 0.717) is 30.3 Å². The summed E-state index contributed by atoms with van der Waals surface area (Å²) in [6.45, 7) is 13.3. The van der Waals surface area contributed by atoms with Crippen LogP contribution < -0.4 is 0 Å². The normalized spacial score (nSPS) is 19.7. The first-order valence-electron chi connectivity index (χ1n) is 9.95. The Morgan fingerprint density at radius 2 is 1.81 bits per heavy atom. The van der Waals surface area contributed by atoms with Crippen molar-refractivity contribution in [1.29, 1.82) is 0 Å². The van der Waals surface area contributed by atoms with Gasteiger partial charge in [-0.2, -0.15) is 0 Å². The van der Waals surface area contributed by atoms with E-state index in [1.165, 1.54) is 0 Å². The van der Waals surface area contributed by atoms with Crippen molar-refractivity contribution >= 4 is 0 Å². The number of aromatic nitrogens is 2. The van der Waals surface area contributed by atoms with E-state index in [-0.39, 0.29) is 11.7 Å². The summed E-state index contributed by atoms with van der Waals surface area (Å²) in [5, 5.41) is 8.37. The van der Waals surface area contributed by atoms with Gasteiger partial charge in [-0.3, -0.25) is 9.80 Å². The number of hydrogen-bond donors (Lipinski definition) is 0. The molecule has 148 valence electrons. The van der Waals surface area contributed by atoms with Gasteiger partial charge in [0.05, 0.1) is 6.54 Å². The van der Waals surface area contributed by atoms with E-state index in [1.807, 2.05) is 12.1 Å². The molecule has 0 amide bonds. The van der Waals surface area contributed by atoms with Crippen LogP contribution in [0.1, 0.15) is 57.4 Å². The smallest absolute Gasteiger partial charge is 0.230 e. The van der Waals surface area contributed by atoms with Crippen LogP contribution in [0.4, 0.5) is 4.39 Å². The highest BCUT2D eigenvalue weighted by molar-refractivity contribution is 5.16. The Balaban J connectivity index is 1.67. The summed E-state index contributed by atoms with van der Waals surface area (Å²) >= 11 is 0. The Kier molecular flexibility index (Phi) is 6.60. The monoisotopic (exact) mass is 374 g/mol. The predicted octanol–water partition coefficient (Wildman–Crippen LogP) is 4.06. The fourth-order valence-electron chi connectivity index (χ4n) is 3.69. The molecule has 1 atom stereocenters. The fourth-order valence-corrected chi connectivity index (χ4v) is 3.69. The molecule has 1 aromatic carbocycles. The maximum absolute atomic E-state index is 13.2. The van der Waals surface area contributed by atoms with E-state index in [1.54, 1.807) is 12.1 Å². The molecule has 3 rings (SSSR count). The van der Waals surface area contributed by atoms with Gasteiger partial charge in [0.1, 0.15) is 5.82 Å². The van der Waals surface area contributed by atoms with Crippen LogP contribution >= 0.6 is 0 Å². The summed E-state index contributed by atoms with van der Waals surface area (Å²) < 4.78 is 19.0. The SMILES string of the molecule is CC(C)c1nnc(CN2CCCN(Cc3ccc(F)cc3)C(C(C)C)C2)o1. The van der Waals surface area contributed by atoms with E-state index < -0.39 is 0 Å². The number of halogens is 1. The lowest BCUT2D eigenvalue weighted by Crippen LogP contribution is -2.43. The van der Waals surface area contributed by atoms with Crippen molar-refractivity contribution in [2.24, 2.45) is 5.92 Å². The van der Waals surface area contributed by atoms with E-state index in [4.69, 9.17) is 4.42 Å².